The van der Waals surface area contributed by atoms with E-state index in [4.69, 9.17) is 4.74 Å². The summed E-state index contributed by atoms with van der Waals surface area (Å²) in [6.07, 6.45) is 16.8. The Morgan fingerprint density at radius 3 is 2.47 bits per heavy atom. The van der Waals surface area contributed by atoms with E-state index in [2.05, 4.69) is 20.4 Å². The summed E-state index contributed by atoms with van der Waals surface area (Å²) in [5, 5.41) is 0. The number of allylic oxidation sites excluding steroid dienone is 2. The van der Waals surface area contributed by atoms with E-state index < -0.39 is 5.60 Å². The van der Waals surface area contributed by atoms with Crippen LogP contribution in [-0.2, 0) is 19.1 Å². The molecule has 36 heavy (non-hydrogen) atoms. The first-order valence-corrected chi connectivity index (χ1v) is 14.8. The van der Waals surface area contributed by atoms with Gasteiger partial charge < -0.3 is 4.74 Å². The SMILES string of the molecule is C=C1CC2C(CC[C@@]3(C)C2CC[C@]3(OC(=O)CCCC2CCCCC2)C(C)=O)[C@@]2(C)CCC(=O)C=C12. The van der Waals surface area contributed by atoms with Gasteiger partial charge in [0.2, 0.25) is 0 Å². The van der Waals surface area contributed by atoms with Gasteiger partial charge in [-0.05, 0) is 99.0 Å². The Morgan fingerprint density at radius 2 is 1.75 bits per heavy atom. The summed E-state index contributed by atoms with van der Waals surface area (Å²) in [4.78, 5) is 38.7. The predicted octanol–water partition coefficient (Wildman–Crippen LogP) is 7.31. The molecule has 3 unspecified atom stereocenters. The number of ether oxygens (including phenoxy) is 1. The van der Waals surface area contributed by atoms with E-state index >= 15 is 0 Å². The predicted molar refractivity (Wildman–Crippen MR) is 141 cm³/mol. The molecule has 5 rings (SSSR count). The van der Waals surface area contributed by atoms with Crippen molar-refractivity contribution >= 4 is 17.5 Å². The van der Waals surface area contributed by atoms with Crippen molar-refractivity contribution in [2.24, 2.45) is 34.5 Å². The molecule has 0 aromatic heterocycles. The highest BCUT2D eigenvalue weighted by molar-refractivity contribution is 5.92. The molecule has 4 nitrogen and oxygen atoms in total. The summed E-state index contributed by atoms with van der Waals surface area (Å²) in [7, 11) is 0. The highest BCUT2D eigenvalue weighted by Gasteiger charge is 2.68. The zero-order valence-electron chi connectivity index (χ0n) is 22.8. The van der Waals surface area contributed by atoms with Crippen LogP contribution in [0.15, 0.2) is 23.8 Å². The van der Waals surface area contributed by atoms with Gasteiger partial charge in [-0.1, -0.05) is 58.1 Å². The van der Waals surface area contributed by atoms with Gasteiger partial charge in [-0.2, -0.15) is 0 Å². The van der Waals surface area contributed by atoms with Crippen molar-refractivity contribution in [1.29, 1.82) is 0 Å². The summed E-state index contributed by atoms with van der Waals surface area (Å²) in [6.45, 7) is 10.6. The second kappa shape index (κ2) is 9.55. The molecular weight excluding hydrogens is 448 g/mol. The Labute approximate surface area is 217 Å². The minimum Gasteiger partial charge on any atom is -0.450 e. The van der Waals surface area contributed by atoms with Gasteiger partial charge in [-0.3, -0.25) is 14.4 Å². The Bertz CT molecular complexity index is 971. The minimum atomic E-state index is -0.995. The van der Waals surface area contributed by atoms with Crippen LogP contribution in [0.2, 0.25) is 0 Å². The van der Waals surface area contributed by atoms with Gasteiger partial charge in [-0.25, -0.2) is 0 Å². The van der Waals surface area contributed by atoms with Gasteiger partial charge in [0, 0.05) is 18.3 Å². The van der Waals surface area contributed by atoms with Crippen LogP contribution in [0.3, 0.4) is 0 Å². The fourth-order valence-corrected chi connectivity index (χ4v) is 9.64. The van der Waals surface area contributed by atoms with Crippen molar-refractivity contribution in [2.45, 2.75) is 123 Å². The number of ketones is 2. The molecule has 0 spiro atoms. The molecule has 0 bridgehead atoms. The molecule has 0 N–H and O–H groups in total. The lowest BCUT2D eigenvalue weighted by atomic mass is 9.45. The first-order valence-electron chi connectivity index (χ1n) is 14.8. The molecule has 198 valence electrons. The summed E-state index contributed by atoms with van der Waals surface area (Å²) in [5.41, 5.74) is 0.958. The van der Waals surface area contributed by atoms with Crippen LogP contribution in [0.5, 0.6) is 0 Å². The molecule has 0 heterocycles. The topological polar surface area (TPSA) is 60.4 Å². The number of esters is 1. The van der Waals surface area contributed by atoms with Crippen molar-refractivity contribution in [2.75, 3.05) is 0 Å². The van der Waals surface area contributed by atoms with E-state index in [9.17, 15) is 14.4 Å². The van der Waals surface area contributed by atoms with E-state index in [-0.39, 0.29) is 28.4 Å². The Kier molecular flexibility index (Phi) is 6.88. The molecule has 0 saturated heterocycles. The number of Topliss-reactive ketones (excluding diaryl/α,β-unsaturated/α-hetero) is 1. The molecule has 4 heteroatoms. The average molecular weight is 495 g/mol. The van der Waals surface area contributed by atoms with Crippen molar-refractivity contribution in [3.05, 3.63) is 23.8 Å². The first-order chi connectivity index (χ1) is 17.1. The lowest BCUT2D eigenvalue weighted by Crippen LogP contribution is -2.58. The summed E-state index contributed by atoms with van der Waals surface area (Å²) >= 11 is 0. The van der Waals surface area contributed by atoms with Crippen LogP contribution >= 0.6 is 0 Å². The average Bonchev–Trinajstić information content (AvgIpc) is 3.14. The number of fused-ring (bicyclic) bond motifs is 5. The van der Waals surface area contributed by atoms with E-state index in [0.29, 0.717) is 37.0 Å². The molecule has 4 saturated carbocycles. The van der Waals surface area contributed by atoms with Gasteiger partial charge in [0.25, 0.3) is 0 Å². The molecule has 5 aliphatic rings. The molecule has 6 atom stereocenters. The van der Waals surface area contributed by atoms with Gasteiger partial charge in [-0.15, -0.1) is 0 Å². The maximum absolute atomic E-state index is 13.3. The van der Waals surface area contributed by atoms with Crippen molar-refractivity contribution < 1.29 is 19.1 Å². The summed E-state index contributed by atoms with van der Waals surface area (Å²) < 4.78 is 6.31. The Hall–Kier alpha value is -1.71. The van der Waals surface area contributed by atoms with Crippen LogP contribution < -0.4 is 0 Å². The highest BCUT2D eigenvalue weighted by atomic mass is 16.6. The second-order valence-corrected chi connectivity index (χ2v) is 13.4. The molecule has 0 aromatic rings. The minimum absolute atomic E-state index is 0.00743. The van der Waals surface area contributed by atoms with E-state index in [0.717, 1.165) is 56.4 Å². The number of carbonyl (C=O) groups excluding carboxylic acids is 3. The first kappa shape index (κ1) is 25.9. The molecular formula is C32H46O4. The molecule has 0 amide bonds. The molecule has 0 radical (unpaired) electrons. The molecule has 0 aromatic carbocycles. The lowest BCUT2D eigenvalue weighted by molar-refractivity contribution is -0.188. The van der Waals surface area contributed by atoms with E-state index in [1.54, 1.807) is 6.92 Å². The van der Waals surface area contributed by atoms with Crippen LogP contribution in [-0.4, -0.2) is 23.1 Å². The number of hydrogen-bond acceptors (Lipinski definition) is 4. The van der Waals surface area contributed by atoms with Crippen molar-refractivity contribution in [3.8, 4) is 0 Å². The van der Waals surface area contributed by atoms with E-state index in [1.807, 2.05) is 6.08 Å². The highest BCUT2D eigenvalue weighted by Crippen LogP contribution is 2.69. The maximum atomic E-state index is 13.3. The van der Waals surface area contributed by atoms with Crippen molar-refractivity contribution in [1.82, 2.24) is 0 Å². The number of rotatable bonds is 6. The van der Waals surface area contributed by atoms with Gasteiger partial charge >= 0.3 is 5.97 Å². The van der Waals surface area contributed by atoms with Crippen LogP contribution in [0, 0.1) is 34.5 Å². The third kappa shape index (κ3) is 4.06. The normalized spacial score (nSPS) is 40.6. The Morgan fingerprint density at radius 1 is 1.03 bits per heavy atom. The Balaban J connectivity index is 1.33. The standard InChI is InChI=1S/C32H46O4/c1-21-19-25-26(30(3)16-13-24(34)20-28(21)30)14-17-31(4)27(25)15-18-32(31,22(2)33)36-29(35)12-8-11-23-9-6-5-7-10-23/h20,23,25-27H,1,5-19H2,2-4H3/t25?,26?,27?,30-,31+,32+/m1/s1. The third-order valence-electron chi connectivity index (χ3n) is 11.6. The fraction of sp³-hybridized carbons (Fsp3) is 0.781. The van der Waals surface area contributed by atoms with Crippen LogP contribution in [0.4, 0.5) is 0 Å². The summed E-state index contributed by atoms with van der Waals surface area (Å²) in [6, 6.07) is 0. The van der Waals surface area contributed by atoms with Crippen LogP contribution in [0.25, 0.3) is 0 Å². The zero-order chi connectivity index (χ0) is 25.7. The number of hydrogen-bond donors (Lipinski definition) is 0. The fourth-order valence-electron chi connectivity index (χ4n) is 9.64. The zero-order valence-corrected chi connectivity index (χ0v) is 22.8. The largest absolute Gasteiger partial charge is 0.450 e. The molecule has 5 aliphatic carbocycles. The smallest absolute Gasteiger partial charge is 0.306 e. The summed E-state index contributed by atoms with van der Waals surface area (Å²) in [5.74, 6) is 2.09. The number of carbonyl (C=O) groups is 3. The van der Waals surface area contributed by atoms with Gasteiger partial charge in [0.1, 0.15) is 0 Å². The maximum Gasteiger partial charge on any atom is 0.306 e. The quantitative estimate of drug-likeness (QED) is 0.363. The molecule has 4 fully saturated rings. The van der Waals surface area contributed by atoms with Crippen molar-refractivity contribution in [3.63, 3.8) is 0 Å². The van der Waals surface area contributed by atoms with E-state index in [1.165, 1.54) is 37.7 Å². The lowest BCUT2D eigenvalue weighted by Gasteiger charge is -2.59. The second-order valence-electron chi connectivity index (χ2n) is 13.4. The van der Waals surface area contributed by atoms with Crippen LogP contribution in [0.1, 0.15) is 117 Å². The van der Waals surface area contributed by atoms with Gasteiger partial charge in [0.05, 0.1) is 0 Å². The molecule has 0 aliphatic heterocycles. The monoisotopic (exact) mass is 494 g/mol. The third-order valence-corrected chi connectivity index (χ3v) is 11.6. The van der Waals surface area contributed by atoms with Gasteiger partial charge in [0.15, 0.2) is 17.2 Å².